The second-order valence-electron chi connectivity index (χ2n) is 2.91. The van der Waals surface area contributed by atoms with Crippen molar-refractivity contribution in [2.45, 2.75) is 17.9 Å². The third-order valence-electron chi connectivity index (χ3n) is 1.47. The molecule has 0 saturated heterocycles. The fraction of sp³-hybridized carbons (Fsp3) is 0.333. The molecule has 0 amide bonds. The Morgan fingerprint density at radius 3 is 2.58 bits per heavy atom. The monoisotopic (exact) mass is 248 g/mol. The fourth-order valence-electron chi connectivity index (χ4n) is 0.989. The molecule has 1 N–H and O–H groups in total. The average Bonchev–Trinajstić information content (AvgIpc) is 1.91. The van der Waals surface area contributed by atoms with Gasteiger partial charge in [0.05, 0.1) is 0 Å². The van der Waals surface area contributed by atoms with Gasteiger partial charge in [-0.2, -0.15) is 0 Å². The van der Waals surface area contributed by atoms with Crippen molar-refractivity contribution in [1.82, 2.24) is 0 Å². The minimum Gasteiger partial charge on any atom is -0.379 e. The quantitative estimate of drug-likeness (QED) is 0.799. The van der Waals surface area contributed by atoms with E-state index in [2.05, 4.69) is 15.9 Å². The molecule has 66 valence electrons. The summed E-state index contributed by atoms with van der Waals surface area (Å²) < 4.78 is -0.877. The molecule has 1 nitrogen and oxygen atoms in total. The Kier molecular flexibility index (Phi) is 3.16. The van der Waals surface area contributed by atoms with Gasteiger partial charge in [0, 0.05) is 11.4 Å². The molecule has 1 aromatic carbocycles. The predicted octanol–water partition coefficient (Wildman–Crippen LogP) is 2.99. The smallest absolute Gasteiger partial charge is 0.120 e. The Balaban J connectivity index is 2.83. The Morgan fingerprint density at radius 1 is 1.50 bits per heavy atom. The van der Waals surface area contributed by atoms with E-state index in [1.165, 1.54) is 0 Å². The van der Waals surface area contributed by atoms with Crippen molar-refractivity contribution in [3.05, 3.63) is 34.9 Å². The number of alkyl halides is 1. The third kappa shape index (κ3) is 3.13. The molecule has 1 atom stereocenters. The summed E-state index contributed by atoms with van der Waals surface area (Å²) in [4.78, 5) is 0. The van der Waals surface area contributed by atoms with E-state index in [0.29, 0.717) is 11.4 Å². The zero-order valence-corrected chi connectivity index (χ0v) is 9.06. The predicted molar refractivity (Wildman–Crippen MR) is 54.7 cm³/mol. The van der Waals surface area contributed by atoms with Gasteiger partial charge in [-0.1, -0.05) is 45.7 Å². The zero-order valence-electron chi connectivity index (χ0n) is 6.72. The molecule has 0 aliphatic rings. The molecule has 0 radical (unpaired) electrons. The number of rotatable bonds is 2. The van der Waals surface area contributed by atoms with Crippen molar-refractivity contribution in [2.24, 2.45) is 0 Å². The maximum atomic E-state index is 9.45. The topological polar surface area (TPSA) is 20.2 Å². The first kappa shape index (κ1) is 10.0. The maximum Gasteiger partial charge on any atom is 0.120 e. The summed E-state index contributed by atoms with van der Waals surface area (Å²) in [5, 5.41) is 10.1. The highest BCUT2D eigenvalue weighted by molar-refractivity contribution is 9.10. The maximum absolute atomic E-state index is 9.45. The Hall–Kier alpha value is -0.0500. The van der Waals surface area contributed by atoms with Crippen LogP contribution in [0.5, 0.6) is 0 Å². The van der Waals surface area contributed by atoms with Crippen LogP contribution in [0.15, 0.2) is 24.3 Å². The second kappa shape index (κ2) is 3.77. The molecule has 0 bridgehead atoms. The normalized spacial score (nSPS) is 15.7. The summed E-state index contributed by atoms with van der Waals surface area (Å²) in [7, 11) is 0. The molecule has 3 heteroatoms. The average molecular weight is 250 g/mol. The van der Waals surface area contributed by atoms with Crippen LogP contribution in [0.4, 0.5) is 0 Å². The number of aliphatic hydroxyl groups is 1. The van der Waals surface area contributed by atoms with Crippen LogP contribution in [0.2, 0.25) is 5.02 Å². The molecule has 12 heavy (non-hydrogen) atoms. The highest BCUT2D eigenvalue weighted by Crippen LogP contribution is 2.24. The molecule has 1 rings (SSSR count). The molecule has 0 aliphatic carbocycles. The van der Waals surface area contributed by atoms with Crippen LogP contribution in [0, 0.1) is 0 Å². The molecule has 0 spiro atoms. The summed E-state index contributed by atoms with van der Waals surface area (Å²) in [6.45, 7) is 1.69. The van der Waals surface area contributed by atoms with Gasteiger partial charge in [0.25, 0.3) is 0 Å². The summed E-state index contributed by atoms with van der Waals surface area (Å²) in [5.74, 6) is 0. The molecule has 0 aromatic heterocycles. The number of benzene rings is 1. The fourth-order valence-corrected chi connectivity index (χ4v) is 1.49. The van der Waals surface area contributed by atoms with E-state index in [-0.39, 0.29) is 0 Å². The van der Waals surface area contributed by atoms with E-state index >= 15 is 0 Å². The first-order valence-corrected chi connectivity index (χ1v) is 4.81. The van der Waals surface area contributed by atoms with Gasteiger partial charge in [-0.05, 0) is 18.6 Å². The highest BCUT2D eigenvalue weighted by atomic mass is 79.9. The van der Waals surface area contributed by atoms with E-state index in [9.17, 15) is 5.11 Å². The van der Waals surface area contributed by atoms with Crippen molar-refractivity contribution in [2.75, 3.05) is 0 Å². The number of halogens is 2. The Morgan fingerprint density at radius 2 is 2.08 bits per heavy atom. The van der Waals surface area contributed by atoms with Gasteiger partial charge in [0.1, 0.15) is 4.51 Å². The lowest BCUT2D eigenvalue weighted by molar-refractivity contribution is 0.166. The first-order chi connectivity index (χ1) is 5.49. The first-order valence-electron chi connectivity index (χ1n) is 3.64. The molecule has 1 unspecified atom stereocenters. The van der Waals surface area contributed by atoms with Crippen LogP contribution in [-0.4, -0.2) is 9.62 Å². The second-order valence-corrected chi connectivity index (χ2v) is 5.03. The van der Waals surface area contributed by atoms with Crippen LogP contribution < -0.4 is 0 Å². The van der Waals surface area contributed by atoms with Gasteiger partial charge in [-0.15, -0.1) is 0 Å². The minimum absolute atomic E-state index is 0.507. The lowest BCUT2D eigenvalue weighted by Crippen LogP contribution is -2.17. The van der Waals surface area contributed by atoms with Crippen molar-refractivity contribution in [3.8, 4) is 0 Å². The van der Waals surface area contributed by atoms with E-state index in [4.69, 9.17) is 11.6 Å². The minimum atomic E-state index is -0.877. The molecule has 1 aromatic rings. The van der Waals surface area contributed by atoms with Crippen molar-refractivity contribution < 1.29 is 5.11 Å². The molecule has 0 fully saturated rings. The third-order valence-corrected chi connectivity index (χ3v) is 2.12. The Labute approximate surface area is 85.5 Å². The van der Waals surface area contributed by atoms with E-state index in [1.54, 1.807) is 6.92 Å². The van der Waals surface area contributed by atoms with Crippen LogP contribution >= 0.6 is 27.5 Å². The molecule has 0 aliphatic heterocycles. The summed E-state index contributed by atoms with van der Waals surface area (Å²) in [5.41, 5.74) is 0.945. The van der Waals surface area contributed by atoms with Crippen molar-refractivity contribution >= 4 is 27.5 Å². The number of hydrogen-bond acceptors (Lipinski definition) is 1. The molecular formula is C9H10BrClO. The van der Waals surface area contributed by atoms with E-state index in [1.807, 2.05) is 24.3 Å². The zero-order chi connectivity index (χ0) is 9.19. The van der Waals surface area contributed by atoms with Gasteiger partial charge in [-0.3, -0.25) is 0 Å². The Bertz CT molecular complexity index is 267. The highest BCUT2D eigenvalue weighted by Gasteiger charge is 2.16. The molecule has 0 heterocycles. The van der Waals surface area contributed by atoms with Gasteiger partial charge < -0.3 is 5.11 Å². The van der Waals surface area contributed by atoms with Crippen LogP contribution in [0.3, 0.4) is 0 Å². The van der Waals surface area contributed by atoms with Gasteiger partial charge in [0.2, 0.25) is 0 Å². The van der Waals surface area contributed by atoms with Crippen LogP contribution in [0.1, 0.15) is 12.5 Å². The summed E-state index contributed by atoms with van der Waals surface area (Å²) in [6.07, 6.45) is 0.507. The van der Waals surface area contributed by atoms with Crippen molar-refractivity contribution in [3.63, 3.8) is 0 Å². The van der Waals surface area contributed by atoms with Gasteiger partial charge >= 0.3 is 0 Å². The standard InChI is InChI=1S/C9H10BrClO/c1-9(10,12)6-7-4-2-3-5-8(7)11/h2-5,12H,6H2,1H3. The molecule has 0 saturated carbocycles. The summed E-state index contributed by atoms with van der Waals surface area (Å²) in [6, 6.07) is 7.49. The lowest BCUT2D eigenvalue weighted by Gasteiger charge is -2.15. The number of hydrogen-bond donors (Lipinski definition) is 1. The SMILES string of the molecule is CC(O)(Br)Cc1ccccc1Cl. The largest absolute Gasteiger partial charge is 0.379 e. The van der Waals surface area contributed by atoms with Crippen LogP contribution in [-0.2, 0) is 6.42 Å². The van der Waals surface area contributed by atoms with Gasteiger partial charge in [0.15, 0.2) is 0 Å². The van der Waals surface area contributed by atoms with E-state index < -0.39 is 4.51 Å². The van der Waals surface area contributed by atoms with Crippen LogP contribution in [0.25, 0.3) is 0 Å². The lowest BCUT2D eigenvalue weighted by atomic mass is 10.1. The van der Waals surface area contributed by atoms with Gasteiger partial charge in [-0.25, -0.2) is 0 Å². The van der Waals surface area contributed by atoms with E-state index in [0.717, 1.165) is 5.56 Å². The molecular weight excluding hydrogens is 239 g/mol. The summed E-state index contributed by atoms with van der Waals surface area (Å²) >= 11 is 9.04. The van der Waals surface area contributed by atoms with Crippen molar-refractivity contribution in [1.29, 1.82) is 0 Å².